The Hall–Kier alpha value is -2.02. The molecule has 0 aromatic heterocycles. The van der Waals surface area contributed by atoms with E-state index >= 15 is 0 Å². The van der Waals surface area contributed by atoms with Gasteiger partial charge < -0.3 is 4.74 Å². The van der Waals surface area contributed by atoms with Gasteiger partial charge in [0.1, 0.15) is 11.9 Å². The summed E-state index contributed by atoms with van der Waals surface area (Å²) >= 11 is 0. The summed E-state index contributed by atoms with van der Waals surface area (Å²) in [5, 5.41) is 2.28. The second-order valence-corrected chi connectivity index (χ2v) is 3.97. The van der Waals surface area contributed by atoms with E-state index in [0.717, 1.165) is 16.7 Å². The largest absolute Gasteiger partial charge is 0.485 e. The van der Waals surface area contributed by atoms with Crippen molar-refractivity contribution in [3.8, 4) is 5.75 Å². The minimum atomic E-state index is -0.0143. The summed E-state index contributed by atoms with van der Waals surface area (Å²) in [7, 11) is 0. The van der Waals surface area contributed by atoms with Crippen LogP contribution in [-0.4, -0.2) is 6.10 Å². The fourth-order valence-electron chi connectivity index (χ4n) is 1.79. The summed E-state index contributed by atoms with van der Waals surface area (Å²) in [6.45, 7) is 9.54. The van der Waals surface area contributed by atoms with Crippen LogP contribution >= 0.6 is 0 Å². The Balaban J connectivity index is 2.62. The number of hydrogen-bond acceptors (Lipinski definition) is 1. The van der Waals surface area contributed by atoms with Crippen molar-refractivity contribution in [3.05, 3.63) is 61.2 Å². The van der Waals surface area contributed by atoms with Gasteiger partial charge in [0.05, 0.1) is 0 Å². The molecule has 0 saturated carbocycles. The topological polar surface area (TPSA) is 9.23 Å². The SMILES string of the molecule is C=Cc1ccc2ccccc2c1OC(C)C=C. The van der Waals surface area contributed by atoms with Crippen LogP contribution < -0.4 is 4.74 Å². The third kappa shape index (κ3) is 2.23. The molecule has 0 aliphatic carbocycles. The van der Waals surface area contributed by atoms with E-state index in [2.05, 4.69) is 31.4 Å². The Labute approximate surface area is 102 Å². The molecule has 2 aromatic carbocycles. The molecule has 0 bridgehead atoms. The summed E-state index contributed by atoms with van der Waals surface area (Å²) < 4.78 is 5.91. The minimum absolute atomic E-state index is 0.0143. The fourth-order valence-corrected chi connectivity index (χ4v) is 1.79. The van der Waals surface area contributed by atoms with Crippen molar-refractivity contribution in [3.63, 3.8) is 0 Å². The molecule has 0 spiro atoms. The molecule has 2 rings (SSSR count). The maximum atomic E-state index is 5.91. The third-order valence-electron chi connectivity index (χ3n) is 2.77. The standard InChI is InChI=1S/C16H16O/c1-4-12(3)17-16-13(5-2)10-11-14-8-6-7-9-15(14)16/h4-12H,1-2H2,3H3. The van der Waals surface area contributed by atoms with Gasteiger partial charge in [-0.2, -0.15) is 0 Å². The molecular weight excluding hydrogens is 208 g/mol. The summed E-state index contributed by atoms with van der Waals surface area (Å²) in [6, 6.07) is 12.3. The molecule has 2 aromatic rings. The molecule has 1 unspecified atom stereocenters. The Kier molecular flexibility index (Phi) is 3.29. The lowest BCUT2D eigenvalue weighted by atomic mass is 10.1. The molecule has 0 fully saturated rings. The van der Waals surface area contributed by atoms with Gasteiger partial charge in [-0.3, -0.25) is 0 Å². The van der Waals surface area contributed by atoms with E-state index in [1.54, 1.807) is 6.08 Å². The van der Waals surface area contributed by atoms with Crippen LogP contribution in [-0.2, 0) is 0 Å². The first-order chi connectivity index (χ1) is 8.26. The van der Waals surface area contributed by atoms with Crippen LogP contribution in [0.3, 0.4) is 0 Å². The van der Waals surface area contributed by atoms with Gasteiger partial charge in [0.2, 0.25) is 0 Å². The van der Waals surface area contributed by atoms with Gasteiger partial charge >= 0.3 is 0 Å². The second-order valence-electron chi connectivity index (χ2n) is 3.97. The number of ether oxygens (including phenoxy) is 1. The maximum Gasteiger partial charge on any atom is 0.135 e. The van der Waals surface area contributed by atoms with E-state index in [1.165, 1.54) is 5.39 Å². The highest BCUT2D eigenvalue weighted by atomic mass is 16.5. The van der Waals surface area contributed by atoms with Gasteiger partial charge in [-0.1, -0.05) is 61.7 Å². The molecule has 0 aliphatic rings. The van der Waals surface area contributed by atoms with Crippen LogP contribution in [0.4, 0.5) is 0 Å². The van der Waals surface area contributed by atoms with Crippen molar-refractivity contribution in [2.24, 2.45) is 0 Å². The molecule has 1 heteroatoms. The van der Waals surface area contributed by atoms with Gasteiger partial charge in [0.15, 0.2) is 0 Å². The lowest BCUT2D eigenvalue weighted by Gasteiger charge is -2.15. The Morgan fingerprint density at radius 3 is 2.59 bits per heavy atom. The molecule has 0 N–H and O–H groups in total. The first-order valence-electron chi connectivity index (χ1n) is 5.69. The summed E-state index contributed by atoms with van der Waals surface area (Å²) in [5.41, 5.74) is 1.01. The molecule has 1 nitrogen and oxygen atoms in total. The van der Waals surface area contributed by atoms with Gasteiger partial charge in [0.25, 0.3) is 0 Å². The Morgan fingerprint density at radius 1 is 1.12 bits per heavy atom. The average molecular weight is 224 g/mol. The summed E-state index contributed by atoms with van der Waals surface area (Å²) in [4.78, 5) is 0. The average Bonchev–Trinajstić information content (AvgIpc) is 2.39. The zero-order chi connectivity index (χ0) is 12.3. The van der Waals surface area contributed by atoms with Crippen molar-refractivity contribution in [1.29, 1.82) is 0 Å². The molecule has 86 valence electrons. The van der Waals surface area contributed by atoms with Crippen molar-refractivity contribution < 1.29 is 4.74 Å². The lowest BCUT2D eigenvalue weighted by molar-refractivity contribution is 0.273. The van der Waals surface area contributed by atoms with E-state index in [4.69, 9.17) is 4.74 Å². The number of rotatable bonds is 4. The molecule has 0 amide bonds. The molecule has 17 heavy (non-hydrogen) atoms. The number of hydrogen-bond donors (Lipinski definition) is 0. The molecule has 0 aliphatic heterocycles. The normalized spacial score (nSPS) is 12.1. The predicted molar refractivity (Wildman–Crippen MR) is 74.3 cm³/mol. The molecular formula is C16H16O. The fraction of sp³-hybridized carbons (Fsp3) is 0.125. The van der Waals surface area contributed by atoms with Crippen LogP contribution in [0.25, 0.3) is 16.8 Å². The quantitative estimate of drug-likeness (QED) is 0.698. The predicted octanol–water partition coefficient (Wildman–Crippen LogP) is 4.44. The first kappa shape index (κ1) is 11.5. The molecule has 0 saturated heterocycles. The van der Waals surface area contributed by atoms with E-state index < -0.39 is 0 Å². The minimum Gasteiger partial charge on any atom is -0.485 e. The van der Waals surface area contributed by atoms with Crippen LogP contribution in [0.5, 0.6) is 5.75 Å². The van der Waals surface area contributed by atoms with Crippen molar-refractivity contribution >= 4 is 16.8 Å². The van der Waals surface area contributed by atoms with Gasteiger partial charge in [-0.25, -0.2) is 0 Å². The molecule has 0 radical (unpaired) electrons. The third-order valence-corrected chi connectivity index (χ3v) is 2.77. The highest BCUT2D eigenvalue weighted by Gasteiger charge is 2.08. The zero-order valence-corrected chi connectivity index (χ0v) is 10.0. The number of benzene rings is 2. The van der Waals surface area contributed by atoms with Gasteiger partial charge in [-0.05, 0) is 12.3 Å². The van der Waals surface area contributed by atoms with Gasteiger partial charge in [0, 0.05) is 10.9 Å². The van der Waals surface area contributed by atoms with Crippen molar-refractivity contribution in [2.45, 2.75) is 13.0 Å². The molecule has 0 heterocycles. The molecule has 1 atom stereocenters. The first-order valence-corrected chi connectivity index (χ1v) is 5.69. The maximum absolute atomic E-state index is 5.91. The lowest BCUT2D eigenvalue weighted by Crippen LogP contribution is -2.08. The summed E-state index contributed by atoms with van der Waals surface area (Å²) in [5.74, 6) is 0.880. The summed E-state index contributed by atoms with van der Waals surface area (Å²) in [6.07, 6.45) is 3.59. The second kappa shape index (κ2) is 4.88. The zero-order valence-electron chi connectivity index (χ0n) is 10.0. The highest BCUT2D eigenvalue weighted by molar-refractivity contribution is 5.91. The Bertz CT molecular complexity index is 554. The van der Waals surface area contributed by atoms with E-state index in [1.807, 2.05) is 31.2 Å². The van der Waals surface area contributed by atoms with Crippen LogP contribution in [0.1, 0.15) is 12.5 Å². The smallest absolute Gasteiger partial charge is 0.135 e. The van der Waals surface area contributed by atoms with Crippen LogP contribution in [0.2, 0.25) is 0 Å². The van der Waals surface area contributed by atoms with E-state index in [-0.39, 0.29) is 6.10 Å². The highest BCUT2D eigenvalue weighted by Crippen LogP contribution is 2.31. The van der Waals surface area contributed by atoms with Crippen LogP contribution in [0, 0.1) is 0 Å². The van der Waals surface area contributed by atoms with Gasteiger partial charge in [-0.15, -0.1) is 0 Å². The van der Waals surface area contributed by atoms with E-state index in [9.17, 15) is 0 Å². The van der Waals surface area contributed by atoms with E-state index in [0.29, 0.717) is 0 Å². The number of fused-ring (bicyclic) bond motifs is 1. The van der Waals surface area contributed by atoms with Crippen molar-refractivity contribution in [1.82, 2.24) is 0 Å². The van der Waals surface area contributed by atoms with Crippen LogP contribution in [0.15, 0.2) is 55.6 Å². The van der Waals surface area contributed by atoms with Crippen molar-refractivity contribution in [2.75, 3.05) is 0 Å². The Morgan fingerprint density at radius 2 is 1.88 bits per heavy atom. The monoisotopic (exact) mass is 224 g/mol.